The number of aliphatic carboxylic acids is 1. The van der Waals surface area contributed by atoms with E-state index in [1.807, 2.05) is 6.92 Å². The predicted octanol–water partition coefficient (Wildman–Crippen LogP) is 2.18. The summed E-state index contributed by atoms with van der Waals surface area (Å²) in [5.74, 6) is -0.692. The summed E-state index contributed by atoms with van der Waals surface area (Å²) >= 11 is 0. The van der Waals surface area contributed by atoms with Crippen molar-refractivity contribution in [3.8, 4) is 0 Å². The van der Waals surface area contributed by atoms with Gasteiger partial charge in [-0.1, -0.05) is 19.3 Å². The molecule has 0 aromatic heterocycles. The number of carboxylic acid groups (broad SMARTS) is 1. The molecule has 3 N–H and O–H groups in total. The minimum Gasteiger partial charge on any atom is -0.481 e. The first-order valence-corrected chi connectivity index (χ1v) is 4.60. The zero-order valence-electron chi connectivity index (χ0n) is 8.16. The lowest BCUT2D eigenvalue weighted by Crippen LogP contribution is -2.13. The number of hydrogen-bond acceptors (Lipinski definition) is 2. The molecule has 0 aliphatic heterocycles. The van der Waals surface area contributed by atoms with Crippen LogP contribution in [-0.2, 0) is 4.79 Å². The second kappa shape index (κ2) is 9.81. The molecule has 0 rings (SSSR count). The molecular formula is C9H20ClNO2. The third kappa shape index (κ3) is 14.6. The fraction of sp³-hybridized carbons (Fsp3) is 0.889. The number of hydrogen-bond donors (Lipinski definition) is 2. The van der Waals surface area contributed by atoms with Gasteiger partial charge in [0.15, 0.2) is 0 Å². The van der Waals surface area contributed by atoms with Gasteiger partial charge in [-0.2, -0.15) is 0 Å². The first-order chi connectivity index (χ1) is 5.63. The van der Waals surface area contributed by atoms with E-state index < -0.39 is 5.97 Å². The monoisotopic (exact) mass is 209 g/mol. The standard InChI is InChI=1S/C9H19NO2.ClH/c1-8(10)6-4-2-3-5-7-9(11)12;/h8H,2-7,10H2,1H3,(H,11,12);1H. The van der Waals surface area contributed by atoms with Gasteiger partial charge in [-0.05, 0) is 19.8 Å². The van der Waals surface area contributed by atoms with Crippen molar-refractivity contribution in [1.29, 1.82) is 0 Å². The predicted molar refractivity (Wildman–Crippen MR) is 56.2 cm³/mol. The Morgan fingerprint density at radius 1 is 1.31 bits per heavy atom. The lowest BCUT2D eigenvalue weighted by atomic mass is 10.1. The summed E-state index contributed by atoms with van der Waals surface area (Å²) in [5.41, 5.74) is 5.56. The highest BCUT2D eigenvalue weighted by molar-refractivity contribution is 5.85. The maximum Gasteiger partial charge on any atom is 0.303 e. The van der Waals surface area contributed by atoms with Crippen LogP contribution in [0, 0.1) is 0 Å². The number of rotatable bonds is 7. The SMILES string of the molecule is CC(N)CCCCCCC(=O)O.Cl. The maximum absolute atomic E-state index is 10.1. The first-order valence-electron chi connectivity index (χ1n) is 4.60. The Kier molecular flexibility index (Phi) is 11.5. The summed E-state index contributed by atoms with van der Waals surface area (Å²) in [6.07, 6.45) is 5.39. The van der Waals surface area contributed by atoms with Gasteiger partial charge in [0.1, 0.15) is 0 Å². The van der Waals surface area contributed by atoms with Crippen molar-refractivity contribution in [3.63, 3.8) is 0 Å². The van der Waals surface area contributed by atoms with E-state index in [1.165, 1.54) is 0 Å². The molecule has 0 bridgehead atoms. The van der Waals surface area contributed by atoms with Gasteiger partial charge in [0.2, 0.25) is 0 Å². The Bertz CT molecular complexity index is 129. The van der Waals surface area contributed by atoms with Crippen molar-refractivity contribution >= 4 is 18.4 Å². The maximum atomic E-state index is 10.1. The van der Waals surface area contributed by atoms with Gasteiger partial charge in [-0.25, -0.2) is 0 Å². The number of carboxylic acids is 1. The molecule has 13 heavy (non-hydrogen) atoms. The van der Waals surface area contributed by atoms with Gasteiger partial charge in [-0.3, -0.25) is 4.79 Å². The Balaban J connectivity index is 0. The largest absolute Gasteiger partial charge is 0.481 e. The van der Waals surface area contributed by atoms with E-state index in [0.29, 0.717) is 6.42 Å². The van der Waals surface area contributed by atoms with Crippen LogP contribution in [0.3, 0.4) is 0 Å². The van der Waals surface area contributed by atoms with Gasteiger partial charge in [0, 0.05) is 12.5 Å². The van der Waals surface area contributed by atoms with E-state index in [9.17, 15) is 4.79 Å². The van der Waals surface area contributed by atoms with Gasteiger partial charge in [0.05, 0.1) is 0 Å². The Morgan fingerprint density at radius 2 is 1.85 bits per heavy atom. The molecule has 0 spiro atoms. The molecule has 0 saturated heterocycles. The second-order valence-corrected chi connectivity index (χ2v) is 3.32. The van der Waals surface area contributed by atoms with Crippen LogP contribution in [0.2, 0.25) is 0 Å². The first kappa shape index (κ1) is 15.2. The third-order valence-corrected chi connectivity index (χ3v) is 1.80. The molecular weight excluding hydrogens is 190 g/mol. The highest BCUT2D eigenvalue weighted by atomic mass is 35.5. The smallest absolute Gasteiger partial charge is 0.303 e. The van der Waals surface area contributed by atoms with E-state index in [1.54, 1.807) is 0 Å². The Hall–Kier alpha value is -0.280. The molecule has 1 unspecified atom stereocenters. The average Bonchev–Trinajstić information content (AvgIpc) is 1.95. The minimum atomic E-state index is -0.692. The molecule has 0 amide bonds. The van der Waals surface area contributed by atoms with Gasteiger partial charge in [-0.15, -0.1) is 12.4 Å². The molecule has 80 valence electrons. The summed E-state index contributed by atoms with van der Waals surface area (Å²) in [4.78, 5) is 10.1. The van der Waals surface area contributed by atoms with Crippen molar-refractivity contribution in [2.24, 2.45) is 5.73 Å². The van der Waals surface area contributed by atoms with E-state index >= 15 is 0 Å². The zero-order chi connectivity index (χ0) is 9.40. The summed E-state index contributed by atoms with van der Waals surface area (Å²) in [5, 5.41) is 8.34. The van der Waals surface area contributed by atoms with Crippen LogP contribution >= 0.6 is 12.4 Å². The van der Waals surface area contributed by atoms with Crippen LogP contribution in [-0.4, -0.2) is 17.1 Å². The van der Waals surface area contributed by atoms with Crippen molar-refractivity contribution in [1.82, 2.24) is 0 Å². The van der Waals surface area contributed by atoms with Crippen LogP contribution < -0.4 is 5.73 Å². The van der Waals surface area contributed by atoms with Gasteiger partial charge >= 0.3 is 5.97 Å². The number of unbranched alkanes of at least 4 members (excludes halogenated alkanes) is 3. The molecule has 0 aliphatic rings. The summed E-state index contributed by atoms with van der Waals surface area (Å²) < 4.78 is 0. The quantitative estimate of drug-likeness (QED) is 0.632. The van der Waals surface area contributed by atoms with Crippen LogP contribution in [0.5, 0.6) is 0 Å². The molecule has 0 fully saturated rings. The molecule has 0 heterocycles. The normalized spacial score (nSPS) is 11.8. The molecule has 0 radical (unpaired) electrons. The number of halogens is 1. The summed E-state index contributed by atoms with van der Waals surface area (Å²) in [6.45, 7) is 2.00. The fourth-order valence-corrected chi connectivity index (χ4v) is 1.10. The van der Waals surface area contributed by atoms with Crippen LogP contribution in [0.25, 0.3) is 0 Å². The Labute approximate surface area is 86.1 Å². The average molecular weight is 210 g/mol. The van der Waals surface area contributed by atoms with Crippen molar-refractivity contribution in [2.45, 2.75) is 51.5 Å². The van der Waals surface area contributed by atoms with Crippen LogP contribution in [0.15, 0.2) is 0 Å². The number of nitrogens with two attached hydrogens (primary N) is 1. The molecule has 4 heteroatoms. The topological polar surface area (TPSA) is 63.3 Å². The lowest BCUT2D eigenvalue weighted by molar-refractivity contribution is -0.137. The van der Waals surface area contributed by atoms with Crippen LogP contribution in [0.1, 0.15) is 45.4 Å². The highest BCUT2D eigenvalue weighted by Crippen LogP contribution is 2.06. The molecule has 0 aromatic carbocycles. The molecule has 1 atom stereocenters. The number of carbonyl (C=O) groups is 1. The van der Waals surface area contributed by atoms with E-state index in [-0.39, 0.29) is 18.4 Å². The Morgan fingerprint density at radius 3 is 2.31 bits per heavy atom. The van der Waals surface area contributed by atoms with E-state index in [4.69, 9.17) is 10.8 Å². The molecule has 0 aliphatic carbocycles. The van der Waals surface area contributed by atoms with Crippen molar-refractivity contribution in [3.05, 3.63) is 0 Å². The third-order valence-electron chi connectivity index (χ3n) is 1.80. The van der Waals surface area contributed by atoms with Crippen LogP contribution in [0.4, 0.5) is 0 Å². The van der Waals surface area contributed by atoms with E-state index in [0.717, 1.165) is 32.1 Å². The van der Waals surface area contributed by atoms with Crippen molar-refractivity contribution < 1.29 is 9.90 Å². The summed E-state index contributed by atoms with van der Waals surface area (Å²) in [7, 11) is 0. The van der Waals surface area contributed by atoms with Gasteiger partial charge in [0.25, 0.3) is 0 Å². The highest BCUT2D eigenvalue weighted by Gasteiger charge is 1.97. The van der Waals surface area contributed by atoms with Crippen molar-refractivity contribution in [2.75, 3.05) is 0 Å². The molecule has 0 aromatic rings. The fourth-order valence-electron chi connectivity index (χ4n) is 1.10. The zero-order valence-corrected chi connectivity index (χ0v) is 8.98. The minimum absolute atomic E-state index is 0. The van der Waals surface area contributed by atoms with E-state index in [2.05, 4.69) is 0 Å². The summed E-state index contributed by atoms with van der Waals surface area (Å²) in [6, 6.07) is 0.282. The molecule has 0 saturated carbocycles. The second-order valence-electron chi connectivity index (χ2n) is 3.32. The molecule has 3 nitrogen and oxygen atoms in total. The van der Waals surface area contributed by atoms with Gasteiger partial charge < -0.3 is 10.8 Å². The lowest BCUT2D eigenvalue weighted by Gasteiger charge is -2.03.